The second-order valence-corrected chi connectivity index (χ2v) is 6.42. The lowest BCUT2D eigenvalue weighted by Crippen LogP contribution is -2.22. The van der Waals surface area contributed by atoms with Crippen molar-refractivity contribution in [2.45, 2.75) is 51.1 Å². The summed E-state index contributed by atoms with van der Waals surface area (Å²) in [6.45, 7) is 0. The van der Waals surface area contributed by atoms with E-state index in [1.807, 2.05) is 0 Å². The zero-order chi connectivity index (χ0) is 19.2. The minimum absolute atomic E-state index is 0.0144. The molecule has 0 saturated heterocycles. The first-order valence-electron chi connectivity index (χ1n) is 8.26. The van der Waals surface area contributed by atoms with Gasteiger partial charge in [0, 0.05) is 18.6 Å². The van der Waals surface area contributed by atoms with E-state index in [9.17, 15) is 22.8 Å². The minimum Gasteiger partial charge on any atom is -0.325 e. The average Bonchev–Trinajstić information content (AvgIpc) is 2.60. The van der Waals surface area contributed by atoms with E-state index < -0.39 is 23.6 Å². The molecule has 1 aromatic rings. The van der Waals surface area contributed by atoms with E-state index in [0.717, 1.165) is 56.0 Å². The summed E-state index contributed by atoms with van der Waals surface area (Å²) in [5.41, 5.74) is 2.28. The topological polar surface area (TPSA) is 70.6 Å². The molecule has 1 aliphatic rings. The van der Waals surface area contributed by atoms with Gasteiger partial charge in [0.05, 0.1) is 16.3 Å². The van der Waals surface area contributed by atoms with Crippen molar-refractivity contribution in [3.63, 3.8) is 0 Å². The molecule has 26 heavy (non-hydrogen) atoms. The van der Waals surface area contributed by atoms with Gasteiger partial charge in [-0.2, -0.15) is 18.3 Å². The number of rotatable bonds is 5. The van der Waals surface area contributed by atoms with E-state index in [4.69, 9.17) is 11.6 Å². The fourth-order valence-corrected chi connectivity index (χ4v) is 2.67. The van der Waals surface area contributed by atoms with Crippen molar-refractivity contribution in [3.8, 4) is 0 Å². The number of anilines is 1. The van der Waals surface area contributed by atoms with E-state index in [-0.39, 0.29) is 23.6 Å². The zero-order valence-electron chi connectivity index (χ0n) is 14.0. The molecule has 1 aliphatic carbocycles. The summed E-state index contributed by atoms with van der Waals surface area (Å²) in [7, 11) is 0. The molecule has 1 saturated carbocycles. The largest absolute Gasteiger partial charge is 0.416 e. The highest BCUT2D eigenvalue weighted by Gasteiger charge is 2.31. The Bertz CT molecular complexity index is 697. The fraction of sp³-hybridized carbons (Fsp3) is 0.471. The van der Waals surface area contributed by atoms with Crippen LogP contribution in [0.15, 0.2) is 23.3 Å². The maximum atomic E-state index is 12.7. The molecule has 0 atom stereocenters. The first-order chi connectivity index (χ1) is 12.3. The van der Waals surface area contributed by atoms with Crippen molar-refractivity contribution >= 4 is 34.8 Å². The number of benzene rings is 1. The van der Waals surface area contributed by atoms with Crippen molar-refractivity contribution in [2.75, 3.05) is 5.32 Å². The van der Waals surface area contributed by atoms with Crippen LogP contribution in [0, 0.1) is 0 Å². The maximum Gasteiger partial charge on any atom is 0.416 e. The highest BCUT2D eigenvalue weighted by Crippen LogP contribution is 2.33. The summed E-state index contributed by atoms with van der Waals surface area (Å²) in [6.07, 6.45) is 0.114. The van der Waals surface area contributed by atoms with Crippen LogP contribution in [0.4, 0.5) is 18.9 Å². The van der Waals surface area contributed by atoms with Crippen LogP contribution < -0.4 is 10.7 Å². The van der Waals surface area contributed by atoms with Gasteiger partial charge >= 0.3 is 6.18 Å². The predicted octanol–water partition coefficient (Wildman–Crippen LogP) is 4.51. The second-order valence-electron chi connectivity index (χ2n) is 6.01. The lowest BCUT2D eigenvalue weighted by atomic mass is 9.99. The number of nitrogens with zero attached hydrogens (tertiary/aromatic N) is 1. The van der Waals surface area contributed by atoms with Gasteiger partial charge in [-0.1, -0.05) is 18.0 Å². The van der Waals surface area contributed by atoms with Gasteiger partial charge in [-0.15, -0.1) is 0 Å². The van der Waals surface area contributed by atoms with Crippen LogP contribution >= 0.6 is 11.6 Å². The number of nitrogens with one attached hydrogen (secondary N) is 2. The van der Waals surface area contributed by atoms with Crippen LogP contribution in [0.2, 0.25) is 5.02 Å². The summed E-state index contributed by atoms with van der Waals surface area (Å²) in [6, 6.07) is 2.65. The number of alkyl halides is 3. The van der Waals surface area contributed by atoms with E-state index in [1.54, 1.807) is 0 Å². The molecule has 0 unspecified atom stereocenters. The highest BCUT2D eigenvalue weighted by molar-refractivity contribution is 6.33. The number of hydrogen-bond acceptors (Lipinski definition) is 3. The Kier molecular flexibility index (Phi) is 7.02. The first-order valence-corrected chi connectivity index (χ1v) is 8.64. The lowest BCUT2D eigenvalue weighted by molar-refractivity contribution is -0.137. The molecule has 142 valence electrons. The number of hydrogen-bond donors (Lipinski definition) is 2. The molecule has 0 radical (unpaired) electrons. The maximum absolute atomic E-state index is 12.7. The molecule has 1 aromatic carbocycles. The number of carbonyl (C=O) groups excluding carboxylic acids is 2. The molecule has 2 rings (SSSR count). The lowest BCUT2D eigenvalue weighted by Gasteiger charge is -2.12. The number of halogens is 4. The molecule has 5 nitrogen and oxygen atoms in total. The third-order valence-electron chi connectivity index (χ3n) is 3.92. The van der Waals surface area contributed by atoms with Crippen LogP contribution in [0.1, 0.15) is 50.5 Å². The molecule has 9 heteroatoms. The van der Waals surface area contributed by atoms with Gasteiger partial charge in [0.2, 0.25) is 11.8 Å². The minimum atomic E-state index is -4.54. The molecular formula is C17H19ClF3N3O2. The monoisotopic (exact) mass is 389 g/mol. The quantitative estimate of drug-likeness (QED) is 0.727. The summed E-state index contributed by atoms with van der Waals surface area (Å²) < 4.78 is 38.1. The molecule has 0 spiro atoms. The van der Waals surface area contributed by atoms with E-state index in [0.29, 0.717) is 0 Å². The molecular weight excluding hydrogens is 371 g/mol. The van der Waals surface area contributed by atoms with Gasteiger partial charge in [-0.3, -0.25) is 9.59 Å². The number of hydrazone groups is 1. The molecule has 2 N–H and O–H groups in total. The van der Waals surface area contributed by atoms with Crippen molar-refractivity contribution in [2.24, 2.45) is 5.10 Å². The van der Waals surface area contributed by atoms with Gasteiger partial charge in [-0.25, -0.2) is 5.43 Å². The predicted molar refractivity (Wildman–Crippen MR) is 93.0 cm³/mol. The van der Waals surface area contributed by atoms with E-state index in [2.05, 4.69) is 15.8 Å². The van der Waals surface area contributed by atoms with Crippen molar-refractivity contribution in [3.05, 3.63) is 28.8 Å². The Morgan fingerprint density at radius 2 is 1.73 bits per heavy atom. The highest BCUT2D eigenvalue weighted by atomic mass is 35.5. The number of amides is 2. The van der Waals surface area contributed by atoms with Crippen LogP contribution in [0.5, 0.6) is 0 Å². The molecule has 0 aliphatic heterocycles. The SMILES string of the molecule is O=C(CCC(=O)Nc1cc(C(F)(F)F)ccc1Cl)NN=C1CCCCC1. The van der Waals surface area contributed by atoms with E-state index >= 15 is 0 Å². The van der Waals surface area contributed by atoms with Gasteiger partial charge in [-0.05, 0) is 43.9 Å². The molecule has 0 bridgehead atoms. The van der Waals surface area contributed by atoms with Gasteiger partial charge in [0.25, 0.3) is 0 Å². The zero-order valence-corrected chi connectivity index (χ0v) is 14.7. The standard InChI is InChI=1S/C17H19ClF3N3O2/c18-13-7-6-11(17(19,20)21)10-14(13)22-15(25)8-9-16(26)24-23-12-4-2-1-3-5-12/h6-7,10H,1-5,8-9H2,(H,22,25)(H,24,26). The second kappa shape index (κ2) is 9.02. The van der Waals surface area contributed by atoms with Crippen LogP contribution in [-0.2, 0) is 15.8 Å². The van der Waals surface area contributed by atoms with Crippen molar-refractivity contribution in [1.82, 2.24) is 5.43 Å². The summed E-state index contributed by atoms with van der Waals surface area (Å²) in [5, 5.41) is 6.32. The normalized spacial score (nSPS) is 14.7. The Balaban J connectivity index is 1.84. The Morgan fingerprint density at radius 3 is 2.38 bits per heavy atom. The van der Waals surface area contributed by atoms with Gasteiger partial charge in [0.15, 0.2) is 0 Å². The van der Waals surface area contributed by atoms with Crippen LogP contribution in [-0.4, -0.2) is 17.5 Å². The third-order valence-corrected chi connectivity index (χ3v) is 4.25. The molecule has 1 fully saturated rings. The molecule has 0 aromatic heterocycles. The summed E-state index contributed by atoms with van der Waals surface area (Å²) >= 11 is 5.81. The summed E-state index contributed by atoms with van der Waals surface area (Å²) in [4.78, 5) is 23.6. The van der Waals surface area contributed by atoms with Gasteiger partial charge < -0.3 is 5.32 Å². The van der Waals surface area contributed by atoms with Crippen molar-refractivity contribution in [1.29, 1.82) is 0 Å². The Hall–Kier alpha value is -2.09. The first kappa shape index (κ1) is 20.2. The van der Waals surface area contributed by atoms with E-state index in [1.165, 1.54) is 0 Å². The number of carbonyl (C=O) groups is 2. The summed E-state index contributed by atoms with van der Waals surface area (Å²) in [5.74, 6) is -1.03. The average molecular weight is 390 g/mol. The molecule has 2 amide bonds. The van der Waals surface area contributed by atoms with Gasteiger partial charge in [0.1, 0.15) is 0 Å². The Labute approximate surface area is 154 Å². The smallest absolute Gasteiger partial charge is 0.325 e. The Morgan fingerprint density at radius 1 is 1.08 bits per heavy atom. The third kappa shape index (κ3) is 6.33. The fourth-order valence-electron chi connectivity index (χ4n) is 2.51. The van der Waals surface area contributed by atoms with Crippen molar-refractivity contribution < 1.29 is 22.8 Å². The molecule has 0 heterocycles. The van der Waals surface area contributed by atoms with Crippen LogP contribution in [0.3, 0.4) is 0 Å². The van der Waals surface area contributed by atoms with Crippen LogP contribution in [0.25, 0.3) is 0 Å².